The molecule has 19 heavy (non-hydrogen) atoms. The van der Waals surface area contributed by atoms with Crippen molar-refractivity contribution in [2.24, 2.45) is 5.73 Å². The normalized spacial score (nSPS) is 11.7. The second-order valence-corrected chi connectivity index (χ2v) is 5.34. The van der Waals surface area contributed by atoms with Crippen molar-refractivity contribution in [3.8, 4) is 0 Å². The minimum Gasteiger partial charge on any atom is -0.325 e. The quantitative estimate of drug-likeness (QED) is 0.827. The fourth-order valence-corrected chi connectivity index (χ4v) is 1.75. The number of nitrogens with one attached hydrogen (secondary N) is 1. The topological polar surface area (TPSA) is 58.4 Å². The van der Waals surface area contributed by atoms with Crippen LogP contribution >= 0.6 is 0 Å². The van der Waals surface area contributed by atoms with Crippen LogP contribution < -0.4 is 11.1 Å². The largest absolute Gasteiger partial charge is 0.325 e. The summed E-state index contributed by atoms with van der Waals surface area (Å²) in [4.78, 5) is 14.2. The van der Waals surface area contributed by atoms with Gasteiger partial charge < -0.3 is 11.1 Å². The molecule has 0 spiro atoms. The average Bonchev–Trinajstić information content (AvgIpc) is 2.35. The number of hydrogen-bond donors (Lipinski definition) is 2. The number of rotatable bonds is 6. The van der Waals surface area contributed by atoms with Gasteiger partial charge in [-0.3, -0.25) is 9.69 Å². The maximum atomic E-state index is 11.8. The third kappa shape index (κ3) is 5.01. The van der Waals surface area contributed by atoms with E-state index in [1.54, 1.807) is 13.8 Å². The fourth-order valence-electron chi connectivity index (χ4n) is 1.75. The maximum Gasteiger partial charge on any atom is 0.243 e. The van der Waals surface area contributed by atoms with Crippen LogP contribution in [0.4, 0.5) is 5.69 Å². The highest BCUT2D eigenvalue weighted by Gasteiger charge is 2.21. The van der Waals surface area contributed by atoms with Crippen LogP contribution in [0.2, 0.25) is 0 Å². The number of anilines is 1. The predicted molar refractivity (Wildman–Crippen MR) is 80.0 cm³/mol. The van der Waals surface area contributed by atoms with Crippen LogP contribution in [-0.2, 0) is 11.3 Å². The molecule has 4 heteroatoms. The van der Waals surface area contributed by atoms with Gasteiger partial charge in [0.15, 0.2) is 0 Å². The van der Waals surface area contributed by atoms with Crippen LogP contribution in [0.15, 0.2) is 24.3 Å². The highest BCUT2D eigenvalue weighted by atomic mass is 16.2. The number of benzene rings is 1. The molecule has 1 aromatic carbocycles. The number of nitrogens with two attached hydrogens (primary N) is 1. The first-order valence-corrected chi connectivity index (χ1v) is 6.78. The number of carbonyl (C=O) groups is 1. The lowest BCUT2D eigenvalue weighted by molar-refractivity contribution is -0.120. The Morgan fingerprint density at radius 1 is 1.32 bits per heavy atom. The van der Waals surface area contributed by atoms with E-state index < -0.39 is 5.54 Å². The Kier molecular flexibility index (Phi) is 5.51. The standard InChI is InChI=1S/C15H25N3O/c1-5-18(6-2)11-12-8-7-9-13(10-12)17-14(19)15(3,4)16/h7-10H,5-6,11,16H2,1-4H3,(H,17,19). The summed E-state index contributed by atoms with van der Waals surface area (Å²) in [5.74, 6) is -0.174. The molecule has 106 valence electrons. The van der Waals surface area contributed by atoms with E-state index in [0.29, 0.717) is 0 Å². The second kappa shape index (κ2) is 6.68. The number of carbonyl (C=O) groups excluding carboxylic acids is 1. The van der Waals surface area contributed by atoms with Gasteiger partial charge in [0.05, 0.1) is 5.54 Å². The molecule has 4 nitrogen and oxygen atoms in total. The maximum absolute atomic E-state index is 11.8. The van der Waals surface area contributed by atoms with E-state index in [1.807, 2.05) is 18.2 Å². The number of amides is 1. The van der Waals surface area contributed by atoms with E-state index in [9.17, 15) is 4.79 Å². The highest BCUT2D eigenvalue weighted by Crippen LogP contribution is 2.14. The van der Waals surface area contributed by atoms with Gasteiger partial charge in [0, 0.05) is 12.2 Å². The summed E-state index contributed by atoms with van der Waals surface area (Å²) >= 11 is 0. The van der Waals surface area contributed by atoms with Gasteiger partial charge in [-0.2, -0.15) is 0 Å². The Bertz CT molecular complexity index is 420. The summed E-state index contributed by atoms with van der Waals surface area (Å²) in [6.07, 6.45) is 0. The molecule has 1 aromatic rings. The molecule has 1 amide bonds. The Balaban J connectivity index is 2.75. The first-order valence-electron chi connectivity index (χ1n) is 6.78. The molecule has 0 aliphatic rings. The summed E-state index contributed by atoms with van der Waals surface area (Å²) in [5.41, 5.74) is 6.89. The van der Waals surface area contributed by atoms with E-state index in [0.717, 1.165) is 25.3 Å². The summed E-state index contributed by atoms with van der Waals surface area (Å²) in [7, 11) is 0. The van der Waals surface area contributed by atoms with Crippen molar-refractivity contribution in [1.82, 2.24) is 4.90 Å². The van der Waals surface area contributed by atoms with Crippen LogP contribution in [0.25, 0.3) is 0 Å². The smallest absolute Gasteiger partial charge is 0.243 e. The van der Waals surface area contributed by atoms with Crippen molar-refractivity contribution < 1.29 is 4.79 Å². The van der Waals surface area contributed by atoms with E-state index >= 15 is 0 Å². The van der Waals surface area contributed by atoms with Gasteiger partial charge in [-0.05, 0) is 44.6 Å². The van der Waals surface area contributed by atoms with Crippen molar-refractivity contribution >= 4 is 11.6 Å². The molecule has 0 aliphatic carbocycles. The van der Waals surface area contributed by atoms with Crippen molar-refractivity contribution in [1.29, 1.82) is 0 Å². The Morgan fingerprint density at radius 3 is 2.47 bits per heavy atom. The molecule has 0 unspecified atom stereocenters. The monoisotopic (exact) mass is 263 g/mol. The number of nitrogens with zero attached hydrogens (tertiary/aromatic N) is 1. The van der Waals surface area contributed by atoms with Gasteiger partial charge in [0.2, 0.25) is 5.91 Å². The van der Waals surface area contributed by atoms with Crippen LogP contribution in [-0.4, -0.2) is 29.4 Å². The van der Waals surface area contributed by atoms with Gasteiger partial charge in [-0.1, -0.05) is 26.0 Å². The molecule has 0 saturated heterocycles. The third-order valence-corrected chi connectivity index (χ3v) is 3.07. The Morgan fingerprint density at radius 2 is 1.95 bits per heavy atom. The molecule has 0 aromatic heterocycles. The molecular formula is C15H25N3O. The Hall–Kier alpha value is -1.39. The molecule has 3 N–H and O–H groups in total. The summed E-state index contributed by atoms with van der Waals surface area (Å²) in [6, 6.07) is 7.91. The second-order valence-electron chi connectivity index (χ2n) is 5.34. The minimum absolute atomic E-state index is 0.174. The van der Waals surface area contributed by atoms with Crippen LogP contribution in [0.3, 0.4) is 0 Å². The van der Waals surface area contributed by atoms with Gasteiger partial charge in [0.25, 0.3) is 0 Å². The summed E-state index contributed by atoms with van der Waals surface area (Å²) < 4.78 is 0. The third-order valence-electron chi connectivity index (χ3n) is 3.07. The summed E-state index contributed by atoms with van der Waals surface area (Å²) in [6.45, 7) is 10.6. The SMILES string of the molecule is CCN(CC)Cc1cccc(NC(=O)C(C)(C)N)c1. The lowest BCUT2D eigenvalue weighted by Crippen LogP contribution is -2.45. The fraction of sp³-hybridized carbons (Fsp3) is 0.533. The zero-order valence-electron chi connectivity index (χ0n) is 12.4. The molecule has 0 bridgehead atoms. The van der Waals surface area contributed by atoms with Gasteiger partial charge in [0.1, 0.15) is 0 Å². The zero-order chi connectivity index (χ0) is 14.5. The van der Waals surface area contributed by atoms with E-state index in [4.69, 9.17) is 5.73 Å². The summed E-state index contributed by atoms with van der Waals surface area (Å²) in [5, 5.41) is 2.85. The van der Waals surface area contributed by atoms with Crippen LogP contribution in [0, 0.1) is 0 Å². The van der Waals surface area contributed by atoms with Gasteiger partial charge >= 0.3 is 0 Å². The van der Waals surface area contributed by atoms with Gasteiger partial charge in [-0.25, -0.2) is 0 Å². The molecule has 1 rings (SSSR count). The molecular weight excluding hydrogens is 238 g/mol. The molecule has 0 radical (unpaired) electrons. The first-order chi connectivity index (χ1) is 8.86. The predicted octanol–water partition coefficient (Wildman–Crippen LogP) is 2.20. The van der Waals surface area contributed by atoms with Gasteiger partial charge in [-0.15, -0.1) is 0 Å². The van der Waals surface area contributed by atoms with Crippen molar-refractivity contribution in [3.05, 3.63) is 29.8 Å². The lowest BCUT2D eigenvalue weighted by Gasteiger charge is -2.20. The van der Waals surface area contributed by atoms with E-state index in [1.165, 1.54) is 5.56 Å². The highest BCUT2D eigenvalue weighted by molar-refractivity contribution is 5.97. The van der Waals surface area contributed by atoms with E-state index in [-0.39, 0.29) is 5.91 Å². The Labute approximate surface area is 116 Å². The molecule has 0 fully saturated rings. The molecule has 0 saturated carbocycles. The molecule has 0 heterocycles. The number of hydrogen-bond acceptors (Lipinski definition) is 3. The van der Waals surface area contributed by atoms with Crippen LogP contribution in [0.1, 0.15) is 33.3 Å². The average molecular weight is 263 g/mol. The van der Waals surface area contributed by atoms with Crippen LogP contribution in [0.5, 0.6) is 0 Å². The molecule has 0 aliphatic heterocycles. The molecule has 0 atom stereocenters. The lowest BCUT2D eigenvalue weighted by atomic mass is 10.1. The minimum atomic E-state index is -0.866. The first kappa shape index (κ1) is 15.7. The van der Waals surface area contributed by atoms with Crippen molar-refractivity contribution in [2.45, 2.75) is 39.8 Å². The van der Waals surface area contributed by atoms with Crippen molar-refractivity contribution in [2.75, 3.05) is 18.4 Å². The van der Waals surface area contributed by atoms with E-state index in [2.05, 4.69) is 30.1 Å². The van der Waals surface area contributed by atoms with Crippen molar-refractivity contribution in [3.63, 3.8) is 0 Å². The zero-order valence-corrected chi connectivity index (χ0v) is 12.4.